The fourth-order valence-corrected chi connectivity index (χ4v) is 2.15. The maximum atomic E-state index is 11.9. The Morgan fingerprint density at radius 2 is 1.90 bits per heavy atom. The van der Waals surface area contributed by atoms with Crippen LogP contribution in [0, 0.1) is 3.57 Å². The summed E-state index contributed by atoms with van der Waals surface area (Å²) in [5, 5.41) is 13.7. The summed E-state index contributed by atoms with van der Waals surface area (Å²) < 4.78 is 1.05. The number of amides is 2. The number of aliphatic carboxylic acids is 1. The molecule has 1 aromatic carbocycles. The summed E-state index contributed by atoms with van der Waals surface area (Å²) in [7, 11) is 0. The summed E-state index contributed by atoms with van der Waals surface area (Å²) in [5.41, 5.74) is 0.996. The molecule has 0 fully saturated rings. The Morgan fingerprint density at radius 1 is 1.24 bits per heavy atom. The number of carbonyl (C=O) groups is 3. The smallest absolute Gasteiger partial charge is 0.303 e. The van der Waals surface area contributed by atoms with E-state index in [0.717, 1.165) is 9.13 Å². The highest BCUT2D eigenvalue weighted by atomic mass is 127. The van der Waals surface area contributed by atoms with Crippen molar-refractivity contribution in [2.45, 2.75) is 32.4 Å². The first-order valence-electron chi connectivity index (χ1n) is 6.42. The molecule has 0 aliphatic heterocycles. The molecule has 1 aromatic rings. The first-order chi connectivity index (χ1) is 9.90. The molecule has 0 spiro atoms. The first-order valence-corrected chi connectivity index (χ1v) is 7.50. The van der Waals surface area contributed by atoms with Crippen molar-refractivity contribution >= 4 is 40.4 Å². The molecule has 1 atom stereocenters. The fourth-order valence-electron chi connectivity index (χ4n) is 1.58. The van der Waals surface area contributed by atoms with E-state index in [2.05, 4.69) is 33.2 Å². The molecule has 0 saturated heterocycles. The molecule has 2 amide bonds. The fraction of sp³-hybridized carbons (Fsp3) is 0.357. The van der Waals surface area contributed by atoms with Crippen LogP contribution in [0.25, 0.3) is 0 Å². The lowest BCUT2D eigenvalue weighted by Gasteiger charge is -2.14. The zero-order chi connectivity index (χ0) is 15.8. The number of benzene rings is 1. The van der Waals surface area contributed by atoms with E-state index >= 15 is 0 Å². The van der Waals surface area contributed by atoms with E-state index in [-0.39, 0.29) is 18.7 Å². The topological polar surface area (TPSA) is 95.5 Å². The predicted molar refractivity (Wildman–Crippen MR) is 85.5 cm³/mol. The zero-order valence-corrected chi connectivity index (χ0v) is 13.7. The molecule has 1 unspecified atom stereocenters. The van der Waals surface area contributed by atoms with Crippen LogP contribution in [0.1, 0.15) is 25.3 Å². The van der Waals surface area contributed by atoms with Crippen molar-refractivity contribution in [1.82, 2.24) is 10.6 Å². The Balaban J connectivity index is 2.39. The molecule has 0 aliphatic carbocycles. The van der Waals surface area contributed by atoms with Crippen molar-refractivity contribution in [2.24, 2.45) is 0 Å². The van der Waals surface area contributed by atoms with Crippen LogP contribution in [-0.2, 0) is 20.9 Å². The van der Waals surface area contributed by atoms with Gasteiger partial charge in [-0.05, 0) is 41.1 Å². The van der Waals surface area contributed by atoms with Crippen molar-refractivity contribution in [3.8, 4) is 0 Å². The van der Waals surface area contributed by atoms with Crippen LogP contribution in [0.5, 0.6) is 0 Å². The van der Waals surface area contributed by atoms with Crippen LogP contribution in [0.4, 0.5) is 0 Å². The highest BCUT2D eigenvalue weighted by Crippen LogP contribution is 2.10. The maximum Gasteiger partial charge on any atom is 0.303 e. The number of hydrogen-bond acceptors (Lipinski definition) is 3. The Kier molecular flexibility index (Phi) is 7.13. The SMILES string of the molecule is CC(NC(=O)CCC(=O)O)C(=O)NCc1ccccc1I. The summed E-state index contributed by atoms with van der Waals surface area (Å²) in [5.74, 6) is -1.80. The highest BCUT2D eigenvalue weighted by Gasteiger charge is 2.16. The maximum absolute atomic E-state index is 11.9. The first kappa shape index (κ1) is 17.4. The molecule has 0 bridgehead atoms. The third kappa shape index (κ3) is 6.56. The molecule has 0 saturated carbocycles. The molecule has 0 aliphatic rings. The molecule has 0 heterocycles. The van der Waals surface area contributed by atoms with Gasteiger partial charge in [0.05, 0.1) is 6.42 Å². The van der Waals surface area contributed by atoms with Crippen molar-refractivity contribution in [1.29, 1.82) is 0 Å². The number of hydrogen-bond donors (Lipinski definition) is 3. The van der Waals surface area contributed by atoms with Crippen LogP contribution in [0.15, 0.2) is 24.3 Å². The Morgan fingerprint density at radius 3 is 2.52 bits per heavy atom. The number of rotatable bonds is 7. The monoisotopic (exact) mass is 404 g/mol. The Bertz CT molecular complexity index is 533. The second-order valence-corrected chi connectivity index (χ2v) is 5.65. The molecule has 114 valence electrons. The minimum Gasteiger partial charge on any atom is -0.481 e. The van der Waals surface area contributed by atoms with Crippen LogP contribution in [0.2, 0.25) is 0 Å². The summed E-state index contributed by atoms with van der Waals surface area (Å²) in [4.78, 5) is 33.6. The quantitative estimate of drug-likeness (QED) is 0.597. The third-order valence-electron chi connectivity index (χ3n) is 2.75. The van der Waals surface area contributed by atoms with Crippen LogP contribution >= 0.6 is 22.6 Å². The Labute approximate surface area is 136 Å². The van der Waals surface area contributed by atoms with Gasteiger partial charge in [0.15, 0.2) is 0 Å². The summed E-state index contributed by atoms with van der Waals surface area (Å²) in [6.07, 6.45) is -0.383. The molecule has 1 rings (SSSR count). The summed E-state index contributed by atoms with van der Waals surface area (Å²) >= 11 is 2.18. The zero-order valence-electron chi connectivity index (χ0n) is 11.6. The molecular formula is C14H17IN2O4. The lowest BCUT2D eigenvalue weighted by atomic mass is 10.2. The predicted octanol–water partition coefficient (Wildman–Crippen LogP) is 1.28. The molecular weight excluding hydrogens is 387 g/mol. The number of nitrogens with one attached hydrogen (secondary N) is 2. The summed E-state index contributed by atoms with van der Waals surface area (Å²) in [6, 6.07) is 6.96. The second-order valence-electron chi connectivity index (χ2n) is 4.49. The van der Waals surface area contributed by atoms with Crippen molar-refractivity contribution in [3.63, 3.8) is 0 Å². The largest absolute Gasteiger partial charge is 0.481 e. The van der Waals surface area contributed by atoms with Crippen molar-refractivity contribution in [3.05, 3.63) is 33.4 Å². The van der Waals surface area contributed by atoms with Crippen molar-refractivity contribution in [2.75, 3.05) is 0 Å². The minimum absolute atomic E-state index is 0.135. The average molecular weight is 404 g/mol. The number of halogens is 1. The van der Waals surface area contributed by atoms with E-state index in [1.165, 1.54) is 0 Å². The van der Waals surface area contributed by atoms with Crippen molar-refractivity contribution < 1.29 is 19.5 Å². The van der Waals surface area contributed by atoms with E-state index in [1.54, 1.807) is 6.92 Å². The van der Waals surface area contributed by atoms with Gasteiger partial charge in [0.1, 0.15) is 6.04 Å². The molecule has 21 heavy (non-hydrogen) atoms. The third-order valence-corrected chi connectivity index (χ3v) is 3.80. The highest BCUT2D eigenvalue weighted by molar-refractivity contribution is 14.1. The van der Waals surface area contributed by atoms with Gasteiger partial charge in [-0.2, -0.15) is 0 Å². The van der Waals surface area contributed by atoms with E-state index in [1.807, 2.05) is 24.3 Å². The number of carboxylic acids is 1. The summed E-state index contributed by atoms with van der Waals surface area (Å²) in [6.45, 7) is 1.94. The number of carboxylic acid groups (broad SMARTS) is 1. The molecule has 0 aromatic heterocycles. The average Bonchev–Trinajstić information content (AvgIpc) is 2.43. The van der Waals surface area contributed by atoms with Gasteiger partial charge in [-0.25, -0.2) is 0 Å². The van der Waals surface area contributed by atoms with Gasteiger partial charge < -0.3 is 15.7 Å². The van der Waals surface area contributed by atoms with Gasteiger partial charge in [0.2, 0.25) is 11.8 Å². The van der Waals surface area contributed by atoms with E-state index in [0.29, 0.717) is 6.54 Å². The van der Waals surface area contributed by atoms with Gasteiger partial charge in [0, 0.05) is 16.5 Å². The van der Waals surface area contributed by atoms with E-state index < -0.39 is 17.9 Å². The molecule has 3 N–H and O–H groups in total. The Hall–Kier alpha value is -1.64. The van der Waals surface area contributed by atoms with E-state index in [9.17, 15) is 14.4 Å². The minimum atomic E-state index is -1.04. The van der Waals surface area contributed by atoms with Gasteiger partial charge >= 0.3 is 5.97 Å². The van der Waals surface area contributed by atoms with E-state index in [4.69, 9.17) is 5.11 Å². The van der Waals surface area contributed by atoms with Gasteiger partial charge in [-0.1, -0.05) is 18.2 Å². The van der Waals surface area contributed by atoms with Crippen LogP contribution in [0.3, 0.4) is 0 Å². The second kappa shape index (κ2) is 8.60. The van der Waals surface area contributed by atoms with Crippen LogP contribution in [-0.4, -0.2) is 28.9 Å². The lowest BCUT2D eigenvalue weighted by Crippen LogP contribution is -2.44. The van der Waals surface area contributed by atoms with Gasteiger partial charge in [-0.3, -0.25) is 14.4 Å². The van der Waals surface area contributed by atoms with Gasteiger partial charge in [0.25, 0.3) is 0 Å². The molecule has 7 heteroatoms. The van der Waals surface area contributed by atoms with Crippen LogP contribution < -0.4 is 10.6 Å². The standard InChI is InChI=1S/C14H17IN2O4/c1-9(17-12(18)6-7-13(19)20)14(21)16-8-10-4-2-3-5-11(10)15/h2-5,9H,6-8H2,1H3,(H,16,21)(H,17,18)(H,19,20). The number of carbonyl (C=O) groups excluding carboxylic acids is 2. The molecule has 0 radical (unpaired) electrons. The molecule has 6 nitrogen and oxygen atoms in total. The normalized spacial score (nSPS) is 11.5. The lowest BCUT2D eigenvalue weighted by molar-refractivity contribution is -0.139. The van der Waals surface area contributed by atoms with Gasteiger partial charge in [-0.15, -0.1) is 0 Å².